The van der Waals surface area contributed by atoms with Gasteiger partial charge < -0.3 is 14.2 Å². The van der Waals surface area contributed by atoms with Crippen LogP contribution in [0.2, 0.25) is 5.02 Å². The van der Waals surface area contributed by atoms with Gasteiger partial charge in [-0.05, 0) is 43.9 Å². The lowest BCUT2D eigenvalue weighted by molar-refractivity contribution is -0.133. The Bertz CT molecular complexity index is 991. The summed E-state index contributed by atoms with van der Waals surface area (Å²) in [7, 11) is 0. The number of anilines is 1. The molecule has 158 valence electrons. The minimum absolute atomic E-state index is 0.0347. The third kappa shape index (κ3) is 3.43. The predicted molar refractivity (Wildman–Crippen MR) is 111 cm³/mol. The van der Waals surface area contributed by atoms with Crippen LogP contribution >= 0.6 is 11.6 Å². The van der Waals surface area contributed by atoms with Gasteiger partial charge in [-0.2, -0.15) is 0 Å². The second-order valence-corrected chi connectivity index (χ2v) is 8.50. The molecule has 0 unspecified atom stereocenters. The van der Waals surface area contributed by atoms with Gasteiger partial charge in [0.1, 0.15) is 18.1 Å². The number of carbonyl (C=O) groups excluding carboxylic acids is 2. The number of nitrogens with zero attached hydrogens (tertiary/aromatic N) is 5. The van der Waals surface area contributed by atoms with E-state index in [9.17, 15) is 9.59 Å². The molecule has 1 saturated heterocycles. The van der Waals surface area contributed by atoms with Crippen LogP contribution < -0.4 is 9.64 Å². The van der Waals surface area contributed by atoms with Crippen molar-refractivity contribution in [1.82, 2.24) is 19.7 Å². The van der Waals surface area contributed by atoms with Crippen LogP contribution in [0.5, 0.6) is 5.75 Å². The second kappa shape index (κ2) is 7.91. The van der Waals surface area contributed by atoms with E-state index in [-0.39, 0.29) is 31.0 Å². The highest BCUT2D eigenvalue weighted by Crippen LogP contribution is 2.36. The van der Waals surface area contributed by atoms with Crippen molar-refractivity contribution < 1.29 is 14.3 Å². The topological polar surface area (TPSA) is 80.6 Å². The van der Waals surface area contributed by atoms with Gasteiger partial charge in [0.05, 0.1) is 11.7 Å². The number of aryl methyl sites for hydroxylation is 1. The Labute approximate surface area is 179 Å². The van der Waals surface area contributed by atoms with Gasteiger partial charge in [0, 0.05) is 24.5 Å². The van der Waals surface area contributed by atoms with Gasteiger partial charge >= 0.3 is 0 Å². The molecule has 8 nitrogen and oxygen atoms in total. The average Bonchev–Trinajstić information content (AvgIpc) is 3.31. The van der Waals surface area contributed by atoms with Gasteiger partial charge in [0.15, 0.2) is 12.4 Å². The maximum Gasteiger partial charge on any atom is 0.265 e. The maximum atomic E-state index is 13.3. The first-order valence-electron chi connectivity index (χ1n) is 10.6. The van der Waals surface area contributed by atoms with E-state index in [2.05, 4.69) is 14.8 Å². The first-order chi connectivity index (χ1) is 14.6. The van der Waals surface area contributed by atoms with Crippen LogP contribution in [0.15, 0.2) is 18.2 Å². The summed E-state index contributed by atoms with van der Waals surface area (Å²) in [6.07, 6.45) is 6.15. The molecule has 1 aromatic carbocycles. The first kappa shape index (κ1) is 19.4. The summed E-state index contributed by atoms with van der Waals surface area (Å²) in [5.41, 5.74) is 0.541. The van der Waals surface area contributed by atoms with Crippen molar-refractivity contribution in [2.24, 2.45) is 0 Å². The van der Waals surface area contributed by atoms with Crippen molar-refractivity contribution in [2.45, 2.75) is 51.1 Å². The van der Waals surface area contributed by atoms with Crippen LogP contribution in [0.1, 0.15) is 49.8 Å². The van der Waals surface area contributed by atoms with Crippen molar-refractivity contribution in [3.63, 3.8) is 0 Å². The molecule has 0 spiro atoms. The zero-order valence-electron chi connectivity index (χ0n) is 16.7. The Morgan fingerprint density at radius 2 is 2.07 bits per heavy atom. The Morgan fingerprint density at radius 1 is 1.17 bits per heavy atom. The molecule has 0 aliphatic carbocycles. The number of carbonyl (C=O) groups is 2. The molecule has 0 saturated carbocycles. The Morgan fingerprint density at radius 3 is 2.97 bits per heavy atom. The molecule has 0 radical (unpaired) electrons. The fourth-order valence-electron chi connectivity index (χ4n) is 4.66. The SMILES string of the molecule is O=C1COc2ccc(Cl)cc2N1CC(=O)N1CCC[C@H]1c1nnc2n1CCCCC2. The molecule has 2 aromatic rings. The summed E-state index contributed by atoms with van der Waals surface area (Å²) in [5.74, 6) is 2.13. The monoisotopic (exact) mass is 429 g/mol. The van der Waals surface area contributed by atoms with Crippen LogP contribution in [0.25, 0.3) is 0 Å². The number of likely N-dealkylation sites (tertiary alicyclic amines) is 1. The third-order valence-corrected chi connectivity index (χ3v) is 6.40. The van der Waals surface area contributed by atoms with E-state index in [0.29, 0.717) is 23.0 Å². The summed E-state index contributed by atoms with van der Waals surface area (Å²) < 4.78 is 7.69. The second-order valence-electron chi connectivity index (χ2n) is 8.06. The molecule has 2 amide bonds. The molecule has 1 aromatic heterocycles. The van der Waals surface area contributed by atoms with Gasteiger partial charge in [-0.1, -0.05) is 18.0 Å². The van der Waals surface area contributed by atoms with Crippen LogP contribution in [-0.4, -0.2) is 51.2 Å². The predicted octanol–water partition coefficient (Wildman–Crippen LogP) is 2.75. The zero-order chi connectivity index (χ0) is 20.7. The fourth-order valence-corrected chi connectivity index (χ4v) is 4.83. The fraction of sp³-hybridized carbons (Fsp3) is 0.524. The maximum absolute atomic E-state index is 13.3. The van der Waals surface area contributed by atoms with Gasteiger partial charge in [-0.25, -0.2) is 0 Å². The molecule has 9 heteroatoms. The molecule has 3 aliphatic rings. The van der Waals surface area contributed by atoms with E-state index in [1.165, 1.54) is 11.3 Å². The summed E-state index contributed by atoms with van der Waals surface area (Å²) in [5, 5.41) is 9.36. The summed E-state index contributed by atoms with van der Waals surface area (Å²) in [6, 6.07) is 5.02. The van der Waals surface area contributed by atoms with Crippen molar-refractivity contribution in [3.8, 4) is 5.75 Å². The average molecular weight is 430 g/mol. The number of hydrogen-bond acceptors (Lipinski definition) is 5. The van der Waals surface area contributed by atoms with Crippen molar-refractivity contribution in [1.29, 1.82) is 0 Å². The molecule has 4 heterocycles. The third-order valence-electron chi connectivity index (χ3n) is 6.17. The molecule has 30 heavy (non-hydrogen) atoms. The summed E-state index contributed by atoms with van der Waals surface area (Å²) in [4.78, 5) is 29.2. The van der Waals surface area contributed by atoms with E-state index < -0.39 is 0 Å². The van der Waals surface area contributed by atoms with Crippen LogP contribution in [0.4, 0.5) is 5.69 Å². The number of benzene rings is 1. The highest BCUT2D eigenvalue weighted by Gasteiger charge is 2.37. The van der Waals surface area contributed by atoms with Gasteiger partial charge in [-0.15, -0.1) is 10.2 Å². The number of amides is 2. The van der Waals surface area contributed by atoms with E-state index in [4.69, 9.17) is 16.3 Å². The number of ether oxygens (including phenoxy) is 1. The Kier molecular flexibility index (Phi) is 5.10. The highest BCUT2D eigenvalue weighted by molar-refractivity contribution is 6.31. The van der Waals surface area contributed by atoms with Crippen LogP contribution in [0, 0.1) is 0 Å². The molecule has 0 N–H and O–H groups in total. The standard InChI is InChI=1S/C21H24ClN5O3/c22-14-7-8-17-16(11-14)27(20(29)13-30-17)12-19(28)25-10-4-5-15(25)21-24-23-18-6-2-1-3-9-26(18)21/h7-8,11,15H,1-6,9-10,12-13H2/t15-/m0/s1. The van der Waals surface area contributed by atoms with Crippen molar-refractivity contribution >= 4 is 29.1 Å². The molecule has 3 aliphatic heterocycles. The van der Waals surface area contributed by atoms with Gasteiger partial charge in [0.2, 0.25) is 5.91 Å². The molecular weight excluding hydrogens is 406 g/mol. The van der Waals surface area contributed by atoms with E-state index >= 15 is 0 Å². The minimum Gasteiger partial charge on any atom is -0.482 e. The van der Waals surface area contributed by atoms with Crippen LogP contribution in [-0.2, 0) is 22.6 Å². The molecular formula is C21H24ClN5O3. The van der Waals surface area contributed by atoms with E-state index in [1.54, 1.807) is 18.2 Å². The molecule has 5 rings (SSSR count). The lowest BCUT2D eigenvalue weighted by Gasteiger charge is -2.32. The number of hydrogen-bond donors (Lipinski definition) is 0. The number of halogens is 1. The normalized spacial score (nSPS) is 21.1. The minimum atomic E-state index is -0.245. The van der Waals surface area contributed by atoms with Gasteiger partial charge in [-0.3, -0.25) is 14.5 Å². The van der Waals surface area contributed by atoms with Gasteiger partial charge in [0.25, 0.3) is 5.91 Å². The number of fused-ring (bicyclic) bond motifs is 2. The smallest absolute Gasteiger partial charge is 0.265 e. The quantitative estimate of drug-likeness (QED) is 0.749. The van der Waals surface area contributed by atoms with Crippen LogP contribution in [0.3, 0.4) is 0 Å². The van der Waals surface area contributed by atoms with Crippen molar-refractivity contribution in [2.75, 3.05) is 24.6 Å². The number of rotatable bonds is 3. The largest absolute Gasteiger partial charge is 0.482 e. The highest BCUT2D eigenvalue weighted by atomic mass is 35.5. The Hall–Kier alpha value is -2.61. The molecule has 1 fully saturated rings. The molecule has 1 atom stereocenters. The van der Waals surface area contributed by atoms with E-state index in [0.717, 1.165) is 50.3 Å². The lowest BCUT2D eigenvalue weighted by atomic mass is 10.2. The lowest BCUT2D eigenvalue weighted by Crippen LogP contribution is -2.46. The number of aromatic nitrogens is 3. The summed E-state index contributed by atoms with van der Waals surface area (Å²) >= 11 is 6.12. The van der Waals surface area contributed by atoms with E-state index in [1.807, 2.05) is 4.90 Å². The Balaban J connectivity index is 1.39. The zero-order valence-corrected chi connectivity index (χ0v) is 17.5. The molecule has 0 bridgehead atoms. The first-order valence-corrected chi connectivity index (χ1v) is 10.9. The van der Waals surface area contributed by atoms with Crippen molar-refractivity contribution in [3.05, 3.63) is 34.9 Å². The summed E-state index contributed by atoms with van der Waals surface area (Å²) in [6.45, 7) is 1.45.